The van der Waals surface area contributed by atoms with E-state index in [4.69, 9.17) is 10.8 Å². The van der Waals surface area contributed by atoms with Gasteiger partial charge in [-0.05, 0) is 13.8 Å². The molecule has 0 bridgehead atoms. The zero-order chi connectivity index (χ0) is 9.57. The number of nitrogens with two attached hydrogens (primary N) is 1. The van der Waals surface area contributed by atoms with Crippen molar-refractivity contribution in [2.24, 2.45) is 10.7 Å². The lowest BCUT2D eigenvalue weighted by atomic mass is 10.4. The molecule has 6 heteroatoms. The van der Waals surface area contributed by atoms with Crippen LogP contribution in [-0.4, -0.2) is 34.4 Å². The van der Waals surface area contributed by atoms with E-state index in [2.05, 4.69) is 4.99 Å². The molecule has 1 rings (SSSR count). The number of guanidine groups is 1. The molecule has 0 radical (unpaired) electrons. The molecule has 12 heavy (non-hydrogen) atoms. The van der Waals surface area contributed by atoms with Gasteiger partial charge in [0.2, 0.25) is 7.29 Å². The van der Waals surface area contributed by atoms with Crippen LogP contribution in [0.25, 0.3) is 0 Å². The number of aliphatic imine (C=N–C) groups is 1. The maximum absolute atomic E-state index is 12.1. The second kappa shape index (κ2) is 2.47. The average Bonchev–Trinajstić information content (AvgIpc) is 2.12. The topological polar surface area (TPSA) is 78.9 Å². The minimum absolute atomic E-state index is 0.234. The first-order chi connectivity index (χ1) is 5.35. The van der Waals surface area contributed by atoms with E-state index >= 15 is 0 Å². The summed E-state index contributed by atoms with van der Waals surface area (Å²) in [7, 11) is -1.25. The normalized spacial score (nSPS) is 33.7. The molecule has 1 atom stereocenters. The maximum atomic E-state index is 12.1. The van der Waals surface area contributed by atoms with E-state index < -0.39 is 12.6 Å². The predicted octanol–water partition coefficient (Wildman–Crippen LogP) is 0.210. The number of rotatable bonds is 1. The van der Waals surface area contributed by atoms with Crippen molar-refractivity contribution in [1.82, 2.24) is 4.67 Å². The third-order valence-corrected chi connectivity index (χ3v) is 5.62. The Bertz CT molecular complexity index is 274. The highest BCUT2D eigenvalue weighted by Gasteiger charge is 2.49. The number of aliphatic hydroxyl groups is 1. The summed E-state index contributed by atoms with van der Waals surface area (Å²) in [5.74, 6) is 0.234. The quantitative estimate of drug-likeness (QED) is 0.581. The third kappa shape index (κ3) is 0.967. The molecule has 0 saturated carbocycles. The largest absolute Gasteiger partial charge is 0.387 e. The average molecular weight is 191 g/mol. The first-order valence-corrected chi connectivity index (χ1v) is 5.49. The molecule has 1 aliphatic rings. The Morgan fingerprint density at radius 2 is 2.25 bits per heavy atom. The lowest BCUT2D eigenvalue weighted by Crippen LogP contribution is -2.29. The zero-order valence-corrected chi connectivity index (χ0v) is 8.38. The summed E-state index contributed by atoms with van der Waals surface area (Å²) in [4.78, 5) is 4.02. The van der Waals surface area contributed by atoms with Crippen LogP contribution in [-0.2, 0) is 4.57 Å². The van der Waals surface area contributed by atoms with Gasteiger partial charge in [0, 0.05) is 7.05 Å². The monoisotopic (exact) mass is 191 g/mol. The van der Waals surface area contributed by atoms with E-state index in [0.29, 0.717) is 0 Å². The molecule has 1 heterocycles. The number of hydrogen-bond donors (Lipinski definition) is 2. The third-order valence-electron chi connectivity index (χ3n) is 2.25. The fourth-order valence-corrected chi connectivity index (χ4v) is 3.14. The molecule has 0 aromatic carbocycles. The second-order valence-corrected chi connectivity index (χ2v) is 6.71. The summed E-state index contributed by atoms with van der Waals surface area (Å²) in [6.07, 6.45) is -0.388. The Balaban J connectivity index is 3.16. The Kier molecular flexibility index (Phi) is 1.97. The molecule has 0 amide bonds. The van der Waals surface area contributed by atoms with Crippen molar-refractivity contribution < 1.29 is 9.67 Å². The van der Waals surface area contributed by atoms with Crippen molar-refractivity contribution in [3.63, 3.8) is 0 Å². The van der Waals surface area contributed by atoms with Crippen molar-refractivity contribution in [1.29, 1.82) is 0 Å². The Morgan fingerprint density at radius 3 is 2.42 bits per heavy atom. The second-order valence-electron chi connectivity index (χ2n) is 3.33. The summed E-state index contributed by atoms with van der Waals surface area (Å²) in [6.45, 7) is 3.42. The number of aliphatic hydroxyl groups excluding tert-OH is 1. The van der Waals surface area contributed by atoms with Crippen LogP contribution < -0.4 is 5.73 Å². The molecule has 0 saturated heterocycles. The standard InChI is InChI=1S/C6H14N3O2P/c1-6(2)8-5(7)9(3)12(6,11)4-10/h10H,4H2,1-3H3,(H2,7,8). The van der Waals surface area contributed by atoms with Crippen LogP contribution in [0.4, 0.5) is 0 Å². The van der Waals surface area contributed by atoms with Gasteiger partial charge in [-0.15, -0.1) is 0 Å². The summed E-state index contributed by atoms with van der Waals surface area (Å²) < 4.78 is 13.4. The van der Waals surface area contributed by atoms with E-state index in [1.807, 2.05) is 0 Å². The maximum Gasteiger partial charge on any atom is 0.224 e. The Hall–Kier alpha value is -0.540. The SMILES string of the molecule is CN1C(N)=NC(C)(C)P1(=O)CO. The highest BCUT2D eigenvalue weighted by Crippen LogP contribution is 2.62. The molecule has 70 valence electrons. The van der Waals surface area contributed by atoms with Crippen molar-refractivity contribution in [3.05, 3.63) is 0 Å². The van der Waals surface area contributed by atoms with Gasteiger partial charge in [-0.3, -0.25) is 9.24 Å². The molecular weight excluding hydrogens is 177 g/mol. The molecule has 0 spiro atoms. The van der Waals surface area contributed by atoms with Crippen LogP contribution in [0, 0.1) is 0 Å². The van der Waals surface area contributed by atoms with E-state index in [1.165, 1.54) is 4.67 Å². The highest BCUT2D eigenvalue weighted by molar-refractivity contribution is 7.64. The van der Waals surface area contributed by atoms with Gasteiger partial charge in [0.1, 0.15) is 11.6 Å². The molecule has 0 aromatic heterocycles. The first-order valence-electron chi connectivity index (χ1n) is 3.65. The predicted molar refractivity (Wildman–Crippen MR) is 48.2 cm³/mol. The van der Waals surface area contributed by atoms with Gasteiger partial charge in [0.15, 0.2) is 5.96 Å². The summed E-state index contributed by atoms with van der Waals surface area (Å²) in [5.41, 5.74) is 5.50. The van der Waals surface area contributed by atoms with E-state index in [-0.39, 0.29) is 12.3 Å². The van der Waals surface area contributed by atoms with Gasteiger partial charge in [0.05, 0.1) is 0 Å². The van der Waals surface area contributed by atoms with E-state index in [9.17, 15) is 4.57 Å². The lowest BCUT2D eigenvalue weighted by Gasteiger charge is -2.28. The minimum atomic E-state index is -2.84. The van der Waals surface area contributed by atoms with Gasteiger partial charge < -0.3 is 10.8 Å². The van der Waals surface area contributed by atoms with Gasteiger partial charge in [-0.2, -0.15) is 0 Å². The molecule has 0 aromatic rings. The van der Waals surface area contributed by atoms with Crippen LogP contribution in [0.1, 0.15) is 13.8 Å². The van der Waals surface area contributed by atoms with E-state index in [1.54, 1.807) is 20.9 Å². The fraction of sp³-hybridized carbons (Fsp3) is 0.833. The first kappa shape index (κ1) is 9.55. The fourth-order valence-electron chi connectivity index (χ4n) is 1.23. The molecule has 3 N–H and O–H groups in total. The van der Waals surface area contributed by atoms with E-state index in [0.717, 1.165) is 0 Å². The number of hydrogen-bond acceptors (Lipinski definition) is 4. The molecule has 1 aliphatic heterocycles. The van der Waals surface area contributed by atoms with Crippen LogP contribution in [0.15, 0.2) is 4.99 Å². The summed E-state index contributed by atoms with van der Waals surface area (Å²) in [5, 5.41) is 8.25. The minimum Gasteiger partial charge on any atom is -0.387 e. The van der Waals surface area contributed by atoms with Gasteiger partial charge >= 0.3 is 0 Å². The Labute approximate surface area is 71.7 Å². The molecule has 0 aliphatic carbocycles. The highest BCUT2D eigenvalue weighted by atomic mass is 31.2. The molecule has 1 unspecified atom stereocenters. The Morgan fingerprint density at radius 1 is 1.75 bits per heavy atom. The van der Waals surface area contributed by atoms with Crippen molar-refractivity contribution in [2.45, 2.75) is 19.1 Å². The van der Waals surface area contributed by atoms with Crippen LogP contribution in [0.3, 0.4) is 0 Å². The summed E-state index contributed by atoms with van der Waals surface area (Å²) >= 11 is 0. The molecular formula is C6H14N3O2P. The van der Waals surface area contributed by atoms with Crippen LogP contribution in [0.5, 0.6) is 0 Å². The lowest BCUT2D eigenvalue weighted by molar-refractivity contribution is 0.344. The summed E-state index contributed by atoms with van der Waals surface area (Å²) in [6, 6.07) is 0. The molecule has 5 nitrogen and oxygen atoms in total. The smallest absolute Gasteiger partial charge is 0.224 e. The van der Waals surface area contributed by atoms with Crippen molar-refractivity contribution in [3.8, 4) is 0 Å². The zero-order valence-electron chi connectivity index (χ0n) is 7.48. The van der Waals surface area contributed by atoms with Crippen molar-refractivity contribution in [2.75, 3.05) is 13.4 Å². The molecule has 0 fully saturated rings. The van der Waals surface area contributed by atoms with Gasteiger partial charge in [-0.1, -0.05) is 0 Å². The van der Waals surface area contributed by atoms with Crippen molar-refractivity contribution >= 4 is 13.3 Å². The van der Waals surface area contributed by atoms with Crippen LogP contribution in [0.2, 0.25) is 0 Å². The van der Waals surface area contributed by atoms with Crippen LogP contribution >= 0.6 is 7.29 Å². The van der Waals surface area contributed by atoms with Gasteiger partial charge in [-0.25, -0.2) is 4.99 Å². The number of nitrogens with zero attached hydrogens (tertiary/aromatic N) is 2. The van der Waals surface area contributed by atoms with Gasteiger partial charge in [0.25, 0.3) is 0 Å².